The lowest BCUT2D eigenvalue weighted by Gasteiger charge is -2.16. The van der Waals surface area contributed by atoms with Gasteiger partial charge in [0.15, 0.2) is 3.95 Å². The number of rotatable bonds is 5. The van der Waals surface area contributed by atoms with Crippen molar-refractivity contribution in [3.05, 3.63) is 43.4 Å². The number of carbonyl (C=O) groups is 2. The van der Waals surface area contributed by atoms with Gasteiger partial charge in [-0.05, 0) is 37.3 Å². The molecule has 146 valence electrons. The number of nitrogens with zero attached hydrogens (tertiary/aromatic N) is 2. The molecule has 0 unspecified atom stereocenters. The van der Waals surface area contributed by atoms with Gasteiger partial charge in [0, 0.05) is 17.5 Å². The Bertz CT molecular complexity index is 1080. The van der Waals surface area contributed by atoms with E-state index in [1.807, 2.05) is 17.9 Å². The normalized spacial score (nSPS) is 12.5. The first kappa shape index (κ1) is 20.2. The van der Waals surface area contributed by atoms with E-state index in [9.17, 15) is 14.7 Å². The number of esters is 1. The minimum Gasteiger partial charge on any atom is -0.493 e. The van der Waals surface area contributed by atoms with E-state index in [4.69, 9.17) is 22.1 Å². The minimum absolute atomic E-state index is 0.193. The SMILES string of the molecule is CCN1C(=C=Cc2sc(=S)n(CC(=O)O)c2O)Sc2ccc(C(=O)OC)cc21. The number of thiazole rings is 1. The van der Waals surface area contributed by atoms with Crippen molar-refractivity contribution in [3.8, 4) is 5.88 Å². The van der Waals surface area contributed by atoms with Crippen LogP contribution in [0.25, 0.3) is 6.08 Å². The minimum atomic E-state index is -1.08. The second kappa shape index (κ2) is 8.24. The van der Waals surface area contributed by atoms with Crippen LogP contribution in [0.2, 0.25) is 0 Å². The van der Waals surface area contributed by atoms with Crippen LogP contribution in [-0.2, 0) is 16.1 Å². The van der Waals surface area contributed by atoms with Gasteiger partial charge in [-0.15, -0.1) is 11.3 Å². The van der Waals surface area contributed by atoms with Crippen molar-refractivity contribution in [1.29, 1.82) is 0 Å². The average molecular weight is 437 g/mol. The molecule has 10 heteroatoms. The lowest BCUT2D eigenvalue weighted by atomic mass is 10.2. The number of ether oxygens (including phenoxy) is 1. The standard InChI is InChI=1S/C18H16N2O5S3/c1-3-19-11-8-10(17(24)25-2)4-5-12(11)27-14(19)7-6-13-16(23)20(9-15(21)22)18(26)28-13/h4-6,8,23H,3,9H2,1-2H3,(H,21,22). The smallest absolute Gasteiger partial charge is 0.337 e. The van der Waals surface area contributed by atoms with Gasteiger partial charge in [-0.1, -0.05) is 17.5 Å². The topological polar surface area (TPSA) is 92.0 Å². The Hall–Kier alpha value is -2.52. The number of carbonyl (C=O) groups excluding carboxylic acids is 1. The molecule has 0 aliphatic carbocycles. The van der Waals surface area contributed by atoms with Crippen LogP contribution in [0.5, 0.6) is 5.88 Å². The largest absolute Gasteiger partial charge is 0.493 e. The number of hydrogen-bond acceptors (Lipinski definition) is 8. The zero-order chi connectivity index (χ0) is 20.4. The molecule has 1 aromatic heterocycles. The molecule has 28 heavy (non-hydrogen) atoms. The Balaban J connectivity index is 1.98. The summed E-state index contributed by atoms with van der Waals surface area (Å²) in [5.41, 5.74) is 4.50. The molecule has 1 aliphatic rings. The van der Waals surface area contributed by atoms with Crippen LogP contribution in [-0.4, -0.2) is 40.4 Å². The molecule has 7 nitrogen and oxygen atoms in total. The number of benzene rings is 1. The number of carboxylic acid groups (broad SMARTS) is 1. The molecule has 1 aromatic carbocycles. The predicted molar refractivity (Wildman–Crippen MR) is 111 cm³/mol. The van der Waals surface area contributed by atoms with E-state index in [1.54, 1.807) is 18.2 Å². The number of thioether (sulfide) groups is 1. The molecule has 0 saturated carbocycles. The fourth-order valence-electron chi connectivity index (χ4n) is 2.66. The van der Waals surface area contributed by atoms with Crippen LogP contribution in [0.4, 0.5) is 5.69 Å². The first-order chi connectivity index (χ1) is 13.3. The zero-order valence-electron chi connectivity index (χ0n) is 15.0. The molecular weight excluding hydrogens is 420 g/mol. The van der Waals surface area contributed by atoms with Crippen molar-refractivity contribution in [2.45, 2.75) is 18.4 Å². The van der Waals surface area contributed by atoms with Gasteiger partial charge in [-0.2, -0.15) is 0 Å². The molecule has 0 saturated heterocycles. The summed E-state index contributed by atoms with van der Waals surface area (Å²) in [6, 6.07) is 5.34. The molecule has 0 spiro atoms. The van der Waals surface area contributed by atoms with E-state index in [1.165, 1.54) is 18.9 Å². The Morgan fingerprint density at radius 1 is 1.39 bits per heavy atom. The summed E-state index contributed by atoms with van der Waals surface area (Å²) in [5.74, 6) is -1.68. The summed E-state index contributed by atoms with van der Waals surface area (Å²) in [6.07, 6.45) is 1.59. The number of anilines is 1. The molecule has 1 aliphatic heterocycles. The van der Waals surface area contributed by atoms with Crippen molar-refractivity contribution in [2.75, 3.05) is 18.6 Å². The summed E-state index contributed by atoms with van der Waals surface area (Å²) >= 11 is 7.73. The second-order valence-corrected chi connectivity index (χ2v) is 8.36. The highest BCUT2D eigenvalue weighted by Gasteiger charge is 2.25. The van der Waals surface area contributed by atoms with E-state index in [0.29, 0.717) is 17.0 Å². The number of carboxylic acids is 1. The Morgan fingerprint density at radius 2 is 2.14 bits per heavy atom. The van der Waals surface area contributed by atoms with E-state index in [-0.39, 0.29) is 9.83 Å². The van der Waals surface area contributed by atoms with Gasteiger partial charge in [0.05, 0.1) is 23.2 Å². The van der Waals surface area contributed by atoms with Gasteiger partial charge in [0.1, 0.15) is 11.6 Å². The van der Waals surface area contributed by atoms with Crippen LogP contribution in [0.3, 0.4) is 0 Å². The van der Waals surface area contributed by atoms with E-state index < -0.39 is 18.5 Å². The van der Waals surface area contributed by atoms with Gasteiger partial charge in [0.2, 0.25) is 5.88 Å². The van der Waals surface area contributed by atoms with Crippen LogP contribution in [0.15, 0.2) is 33.9 Å². The molecule has 0 atom stereocenters. The summed E-state index contributed by atoms with van der Waals surface area (Å²) in [7, 11) is 1.34. The number of aliphatic carboxylic acids is 1. The lowest BCUT2D eigenvalue weighted by Crippen LogP contribution is -2.16. The van der Waals surface area contributed by atoms with Crippen molar-refractivity contribution < 1.29 is 24.5 Å². The molecule has 3 rings (SSSR count). The van der Waals surface area contributed by atoms with E-state index >= 15 is 0 Å². The fourth-order valence-corrected chi connectivity index (χ4v) is 4.92. The number of fused-ring (bicyclic) bond motifs is 1. The highest BCUT2D eigenvalue weighted by molar-refractivity contribution is 8.03. The molecule has 0 fully saturated rings. The quantitative estimate of drug-likeness (QED) is 0.414. The first-order valence-electron chi connectivity index (χ1n) is 8.14. The number of aromatic hydroxyl groups is 1. The summed E-state index contributed by atoms with van der Waals surface area (Å²) in [6.45, 7) is 2.23. The number of aromatic nitrogens is 1. The van der Waals surface area contributed by atoms with Crippen molar-refractivity contribution in [2.24, 2.45) is 0 Å². The fraction of sp³-hybridized carbons (Fsp3) is 0.222. The Labute approximate surface area is 174 Å². The number of hydrogen-bond donors (Lipinski definition) is 2. The molecule has 2 N–H and O–H groups in total. The predicted octanol–water partition coefficient (Wildman–Crippen LogP) is 3.94. The molecular formula is C18H16N2O5S3. The average Bonchev–Trinajstić information content (AvgIpc) is 3.16. The van der Waals surface area contributed by atoms with Gasteiger partial charge >= 0.3 is 11.9 Å². The van der Waals surface area contributed by atoms with Gasteiger partial charge in [-0.3, -0.25) is 9.36 Å². The van der Waals surface area contributed by atoms with Crippen LogP contribution in [0.1, 0.15) is 22.2 Å². The van der Waals surface area contributed by atoms with Gasteiger partial charge in [-0.25, -0.2) is 4.79 Å². The maximum Gasteiger partial charge on any atom is 0.337 e. The van der Waals surface area contributed by atoms with Crippen LogP contribution >= 0.6 is 35.3 Å². The molecule has 0 bridgehead atoms. The second-order valence-electron chi connectivity index (χ2n) is 5.65. The third-order valence-electron chi connectivity index (χ3n) is 3.95. The molecule has 0 amide bonds. The molecule has 2 aromatic rings. The van der Waals surface area contributed by atoms with Gasteiger partial charge in [0.25, 0.3) is 0 Å². The van der Waals surface area contributed by atoms with Crippen LogP contribution < -0.4 is 4.90 Å². The van der Waals surface area contributed by atoms with Crippen molar-refractivity contribution in [1.82, 2.24) is 4.57 Å². The highest BCUT2D eigenvalue weighted by atomic mass is 32.2. The Morgan fingerprint density at radius 3 is 2.79 bits per heavy atom. The first-order valence-corrected chi connectivity index (χ1v) is 10.2. The van der Waals surface area contributed by atoms with E-state index in [2.05, 4.69) is 5.73 Å². The third kappa shape index (κ3) is 3.85. The maximum atomic E-state index is 11.8. The van der Waals surface area contributed by atoms with Gasteiger partial charge < -0.3 is 19.8 Å². The monoisotopic (exact) mass is 436 g/mol. The summed E-state index contributed by atoms with van der Waals surface area (Å²) in [5, 5.41) is 20.0. The molecule has 2 heterocycles. The lowest BCUT2D eigenvalue weighted by molar-refractivity contribution is -0.137. The maximum absolute atomic E-state index is 11.8. The van der Waals surface area contributed by atoms with Crippen molar-refractivity contribution in [3.63, 3.8) is 0 Å². The Kier molecular flexibility index (Phi) is 5.95. The highest BCUT2D eigenvalue weighted by Crippen LogP contribution is 2.46. The third-order valence-corrected chi connectivity index (χ3v) is 6.44. The van der Waals surface area contributed by atoms with E-state index in [0.717, 1.165) is 31.5 Å². The molecule has 0 radical (unpaired) electrons. The zero-order valence-corrected chi connectivity index (χ0v) is 17.4. The van der Waals surface area contributed by atoms with Crippen molar-refractivity contribution >= 4 is 59.0 Å². The summed E-state index contributed by atoms with van der Waals surface area (Å²) in [4.78, 5) is 26.1. The summed E-state index contributed by atoms with van der Waals surface area (Å²) < 4.78 is 6.22. The van der Waals surface area contributed by atoms with Crippen LogP contribution in [0, 0.1) is 3.95 Å². The number of methoxy groups -OCH3 is 1.